The fourth-order valence-corrected chi connectivity index (χ4v) is 3.51. The molecule has 0 N–H and O–H groups in total. The van der Waals surface area contributed by atoms with Crippen LogP contribution < -0.4 is 4.74 Å². The van der Waals surface area contributed by atoms with Crippen molar-refractivity contribution in [3.05, 3.63) is 29.3 Å². The number of methoxy groups -OCH3 is 1. The lowest BCUT2D eigenvalue weighted by Gasteiger charge is -2.09. The van der Waals surface area contributed by atoms with Gasteiger partial charge in [-0.1, -0.05) is 6.07 Å². The van der Waals surface area contributed by atoms with E-state index in [1.807, 2.05) is 18.2 Å². The maximum atomic E-state index is 11.1. The van der Waals surface area contributed by atoms with E-state index in [4.69, 9.17) is 15.4 Å². The molecule has 2 rings (SSSR count). The number of fused-ring (bicyclic) bond motifs is 1. The Morgan fingerprint density at radius 3 is 2.88 bits per heavy atom. The van der Waals surface area contributed by atoms with Crippen molar-refractivity contribution in [2.24, 2.45) is 0 Å². The first-order chi connectivity index (χ1) is 7.49. The summed E-state index contributed by atoms with van der Waals surface area (Å²) >= 11 is 0. The zero-order valence-electron chi connectivity index (χ0n) is 8.94. The molecule has 1 aromatic carbocycles. The van der Waals surface area contributed by atoms with Crippen LogP contribution in [0.3, 0.4) is 0 Å². The van der Waals surface area contributed by atoms with E-state index >= 15 is 0 Å². The van der Waals surface area contributed by atoms with Gasteiger partial charge in [0.05, 0.1) is 12.9 Å². The Kier molecular flexibility index (Phi) is 3.13. The highest BCUT2D eigenvalue weighted by atomic mass is 35.7. The Morgan fingerprint density at radius 2 is 2.25 bits per heavy atom. The largest absolute Gasteiger partial charge is 0.497 e. The molecule has 0 saturated carbocycles. The first-order valence-electron chi connectivity index (χ1n) is 5.09. The minimum atomic E-state index is -3.42. The zero-order valence-corrected chi connectivity index (χ0v) is 10.5. The third kappa shape index (κ3) is 2.50. The van der Waals surface area contributed by atoms with Crippen molar-refractivity contribution in [2.45, 2.75) is 18.8 Å². The maximum Gasteiger partial charge on any atom is 0.233 e. The van der Waals surface area contributed by atoms with Crippen LogP contribution in [0, 0.1) is 0 Å². The smallest absolute Gasteiger partial charge is 0.233 e. The number of hydrogen-bond donors (Lipinski definition) is 0. The highest BCUT2D eigenvalue weighted by molar-refractivity contribution is 8.13. The summed E-state index contributed by atoms with van der Waals surface area (Å²) in [6.45, 7) is 0. The molecule has 0 spiro atoms. The van der Waals surface area contributed by atoms with E-state index in [2.05, 4.69) is 0 Å². The average Bonchev–Trinajstić information content (AvgIpc) is 2.58. The SMILES string of the molecule is COc1ccc2c(c1)CCC2CS(=O)(=O)Cl. The molecule has 0 radical (unpaired) electrons. The van der Waals surface area contributed by atoms with E-state index in [0.717, 1.165) is 24.2 Å². The molecule has 1 unspecified atom stereocenters. The second-order valence-electron chi connectivity index (χ2n) is 4.01. The van der Waals surface area contributed by atoms with Crippen molar-refractivity contribution in [3.63, 3.8) is 0 Å². The van der Waals surface area contributed by atoms with Crippen molar-refractivity contribution < 1.29 is 13.2 Å². The topological polar surface area (TPSA) is 43.4 Å². The molecule has 0 amide bonds. The Labute approximate surface area is 99.8 Å². The van der Waals surface area contributed by atoms with Crippen LogP contribution in [0.1, 0.15) is 23.5 Å². The summed E-state index contributed by atoms with van der Waals surface area (Å²) in [4.78, 5) is 0. The third-order valence-electron chi connectivity index (χ3n) is 2.95. The van der Waals surface area contributed by atoms with E-state index in [1.165, 1.54) is 5.56 Å². The molecule has 0 aliphatic heterocycles. The lowest BCUT2D eigenvalue weighted by molar-refractivity contribution is 0.414. The number of ether oxygens (including phenoxy) is 1. The standard InChI is InChI=1S/C11H13ClO3S/c1-15-10-4-5-11-8(6-10)2-3-9(11)7-16(12,13)14/h4-6,9H,2-3,7H2,1H3. The van der Waals surface area contributed by atoms with Gasteiger partial charge in [0.15, 0.2) is 0 Å². The molecular weight excluding hydrogens is 248 g/mol. The number of hydrogen-bond acceptors (Lipinski definition) is 3. The van der Waals surface area contributed by atoms with Gasteiger partial charge in [-0.25, -0.2) is 8.42 Å². The Balaban J connectivity index is 2.27. The summed E-state index contributed by atoms with van der Waals surface area (Å²) < 4.78 is 27.3. The molecule has 0 heterocycles. The molecule has 3 nitrogen and oxygen atoms in total. The monoisotopic (exact) mass is 260 g/mol. The molecule has 1 aliphatic carbocycles. The minimum absolute atomic E-state index is 0.0217. The van der Waals surface area contributed by atoms with E-state index < -0.39 is 9.05 Å². The number of aryl methyl sites for hydroxylation is 1. The van der Waals surface area contributed by atoms with E-state index in [9.17, 15) is 8.42 Å². The molecule has 16 heavy (non-hydrogen) atoms. The van der Waals surface area contributed by atoms with Crippen molar-refractivity contribution in [1.82, 2.24) is 0 Å². The summed E-state index contributed by atoms with van der Waals surface area (Å²) in [5, 5.41) is 0. The maximum absolute atomic E-state index is 11.1. The second kappa shape index (κ2) is 4.26. The third-order valence-corrected chi connectivity index (χ3v) is 4.13. The van der Waals surface area contributed by atoms with Gasteiger partial charge in [-0.3, -0.25) is 0 Å². The number of rotatable bonds is 3. The quantitative estimate of drug-likeness (QED) is 0.784. The molecule has 0 bridgehead atoms. The fraction of sp³-hybridized carbons (Fsp3) is 0.455. The van der Waals surface area contributed by atoms with Crippen LogP contribution in [-0.4, -0.2) is 21.3 Å². The van der Waals surface area contributed by atoms with Crippen molar-refractivity contribution in [3.8, 4) is 5.75 Å². The molecule has 1 aromatic rings. The number of halogens is 1. The molecule has 0 saturated heterocycles. The van der Waals surface area contributed by atoms with Gasteiger partial charge in [-0.2, -0.15) is 0 Å². The zero-order chi connectivity index (χ0) is 11.8. The van der Waals surface area contributed by atoms with Crippen molar-refractivity contribution in [2.75, 3.05) is 12.9 Å². The minimum Gasteiger partial charge on any atom is -0.497 e. The van der Waals surface area contributed by atoms with E-state index in [0.29, 0.717) is 0 Å². The van der Waals surface area contributed by atoms with Gasteiger partial charge >= 0.3 is 0 Å². The Bertz CT molecular complexity index is 496. The Morgan fingerprint density at radius 1 is 1.50 bits per heavy atom. The predicted molar refractivity (Wildman–Crippen MR) is 63.7 cm³/mol. The summed E-state index contributed by atoms with van der Waals surface area (Å²) in [6, 6.07) is 5.77. The van der Waals surface area contributed by atoms with Crippen LogP contribution in [0.25, 0.3) is 0 Å². The molecule has 0 fully saturated rings. The first-order valence-corrected chi connectivity index (χ1v) is 7.56. The van der Waals surface area contributed by atoms with Crippen LogP contribution in [0.2, 0.25) is 0 Å². The first kappa shape index (κ1) is 11.7. The van der Waals surface area contributed by atoms with Crippen LogP contribution >= 0.6 is 10.7 Å². The van der Waals surface area contributed by atoms with Crippen molar-refractivity contribution >= 4 is 19.7 Å². The highest BCUT2D eigenvalue weighted by Crippen LogP contribution is 2.36. The van der Waals surface area contributed by atoms with Crippen LogP contribution in [-0.2, 0) is 15.5 Å². The van der Waals surface area contributed by atoms with Gasteiger partial charge in [0, 0.05) is 10.7 Å². The summed E-state index contributed by atoms with van der Waals surface area (Å²) in [5.41, 5.74) is 2.26. The molecule has 88 valence electrons. The van der Waals surface area contributed by atoms with Crippen LogP contribution in [0.5, 0.6) is 5.75 Å². The van der Waals surface area contributed by atoms with Gasteiger partial charge < -0.3 is 4.74 Å². The summed E-state index contributed by atoms with van der Waals surface area (Å²) in [7, 11) is 3.48. The van der Waals surface area contributed by atoms with Crippen molar-refractivity contribution in [1.29, 1.82) is 0 Å². The predicted octanol–water partition coefficient (Wildman–Crippen LogP) is 2.29. The van der Waals surface area contributed by atoms with Crippen LogP contribution in [0.15, 0.2) is 18.2 Å². The fourth-order valence-electron chi connectivity index (χ4n) is 2.22. The number of benzene rings is 1. The summed E-state index contributed by atoms with van der Waals surface area (Å²) in [5.74, 6) is 0.866. The molecule has 5 heteroatoms. The summed E-state index contributed by atoms with van der Waals surface area (Å²) in [6.07, 6.45) is 1.73. The van der Waals surface area contributed by atoms with E-state index in [1.54, 1.807) is 7.11 Å². The second-order valence-corrected chi connectivity index (χ2v) is 6.83. The molecule has 1 atom stereocenters. The average molecular weight is 261 g/mol. The Hall–Kier alpha value is -0.740. The molecule has 1 aliphatic rings. The van der Waals surface area contributed by atoms with Gasteiger partial charge in [0.2, 0.25) is 9.05 Å². The van der Waals surface area contributed by atoms with Gasteiger partial charge in [0.1, 0.15) is 5.75 Å². The highest BCUT2D eigenvalue weighted by Gasteiger charge is 2.26. The van der Waals surface area contributed by atoms with Gasteiger partial charge in [0.25, 0.3) is 0 Å². The van der Waals surface area contributed by atoms with Gasteiger partial charge in [-0.05, 0) is 42.0 Å². The molecular formula is C11H13ClO3S. The van der Waals surface area contributed by atoms with E-state index in [-0.39, 0.29) is 11.7 Å². The lowest BCUT2D eigenvalue weighted by Crippen LogP contribution is -2.07. The lowest BCUT2D eigenvalue weighted by atomic mass is 10.0. The van der Waals surface area contributed by atoms with Gasteiger partial charge in [-0.15, -0.1) is 0 Å². The molecule has 0 aromatic heterocycles. The normalized spacial score (nSPS) is 19.5. The van der Waals surface area contributed by atoms with Crippen LogP contribution in [0.4, 0.5) is 0 Å².